The monoisotopic (exact) mass is 326 g/mol. The van der Waals surface area contributed by atoms with Gasteiger partial charge in [0.1, 0.15) is 11.0 Å². The molecule has 0 saturated heterocycles. The van der Waals surface area contributed by atoms with Gasteiger partial charge in [0.25, 0.3) is 0 Å². The molecule has 1 amide bonds. The Morgan fingerprint density at radius 2 is 2.24 bits per heavy atom. The van der Waals surface area contributed by atoms with E-state index in [2.05, 4.69) is 10.5 Å². The van der Waals surface area contributed by atoms with Crippen LogP contribution in [0.25, 0.3) is 0 Å². The van der Waals surface area contributed by atoms with Crippen molar-refractivity contribution in [3.63, 3.8) is 0 Å². The van der Waals surface area contributed by atoms with E-state index in [4.69, 9.17) is 16.1 Å². The average Bonchev–Trinajstić information content (AvgIpc) is 2.83. The second kappa shape index (κ2) is 6.87. The summed E-state index contributed by atoms with van der Waals surface area (Å²) in [5.74, 6) is 0.832. The summed E-state index contributed by atoms with van der Waals surface area (Å²) in [6.45, 7) is 3.34. The Hall–Kier alpha value is -1.66. The molecule has 7 heteroatoms. The molecular formula is C14H15ClN2O3S. The molecule has 0 saturated carbocycles. The van der Waals surface area contributed by atoms with Gasteiger partial charge in [-0.05, 0) is 31.5 Å². The van der Waals surface area contributed by atoms with Crippen LogP contribution in [0.15, 0.2) is 34.9 Å². The maximum absolute atomic E-state index is 12.2. The number of halogens is 1. The first kappa shape index (κ1) is 15.7. The van der Waals surface area contributed by atoms with Crippen molar-refractivity contribution in [1.82, 2.24) is 5.16 Å². The number of nitrogens with one attached hydrogen (secondary N) is 1. The van der Waals surface area contributed by atoms with Crippen LogP contribution in [-0.2, 0) is 21.3 Å². The molecule has 0 aliphatic rings. The van der Waals surface area contributed by atoms with Crippen molar-refractivity contribution in [3.05, 3.63) is 46.7 Å². The molecule has 0 unspecified atom stereocenters. The number of rotatable bonds is 5. The number of aryl methyl sites for hydroxylation is 1. The molecule has 1 N–H and O–H groups in total. The Kier molecular flexibility index (Phi) is 5.14. The third kappa shape index (κ3) is 4.41. The fraction of sp³-hybridized carbons (Fsp3) is 0.286. The molecule has 2 rings (SSSR count). The van der Waals surface area contributed by atoms with Crippen LogP contribution in [0.4, 0.5) is 5.82 Å². The first-order valence-corrected chi connectivity index (χ1v) is 8.07. The molecule has 0 spiro atoms. The molecule has 1 aromatic carbocycles. The van der Waals surface area contributed by atoms with Gasteiger partial charge in [0.2, 0.25) is 5.91 Å². The van der Waals surface area contributed by atoms with Crippen LogP contribution < -0.4 is 5.32 Å². The van der Waals surface area contributed by atoms with Gasteiger partial charge in [0.05, 0.1) is 0 Å². The van der Waals surface area contributed by atoms with Crippen molar-refractivity contribution in [1.29, 1.82) is 0 Å². The molecule has 0 bridgehead atoms. The van der Waals surface area contributed by atoms with E-state index in [1.54, 1.807) is 38.1 Å². The highest BCUT2D eigenvalue weighted by Gasteiger charge is 2.21. The number of hydrogen-bond donors (Lipinski definition) is 1. The van der Waals surface area contributed by atoms with Crippen molar-refractivity contribution in [2.45, 2.75) is 24.9 Å². The van der Waals surface area contributed by atoms with E-state index in [-0.39, 0.29) is 11.7 Å². The molecule has 0 aliphatic heterocycles. The van der Waals surface area contributed by atoms with Crippen LogP contribution in [0.1, 0.15) is 18.2 Å². The Labute approximate surface area is 130 Å². The maximum Gasteiger partial charge on any atom is 0.241 e. The van der Waals surface area contributed by atoms with Crippen molar-refractivity contribution < 1.29 is 13.5 Å². The van der Waals surface area contributed by atoms with Crippen molar-refractivity contribution in [3.8, 4) is 0 Å². The number of hydrogen-bond acceptors (Lipinski definition) is 4. The second-order valence-corrected chi connectivity index (χ2v) is 6.80. The number of benzene rings is 1. The van der Waals surface area contributed by atoms with Crippen LogP contribution in [0.2, 0.25) is 5.02 Å². The van der Waals surface area contributed by atoms with Crippen molar-refractivity contribution in [2.24, 2.45) is 0 Å². The van der Waals surface area contributed by atoms with Crippen molar-refractivity contribution in [2.75, 3.05) is 5.32 Å². The number of aromatic nitrogens is 1. The lowest BCUT2D eigenvalue weighted by molar-refractivity contribution is -0.115. The minimum Gasteiger partial charge on any atom is -0.360 e. The smallest absolute Gasteiger partial charge is 0.241 e. The molecule has 2 atom stereocenters. The Bertz CT molecular complexity index is 672. The van der Waals surface area contributed by atoms with E-state index in [1.165, 1.54) is 0 Å². The Morgan fingerprint density at radius 1 is 1.48 bits per heavy atom. The largest absolute Gasteiger partial charge is 0.360 e. The highest BCUT2D eigenvalue weighted by molar-refractivity contribution is 7.85. The summed E-state index contributed by atoms with van der Waals surface area (Å²) in [5.41, 5.74) is 0.831. The highest BCUT2D eigenvalue weighted by Crippen LogP contribution is 2.15. The lowest BCUT2D eigenvalue weighted by Crippen LogP contribution is -2.29. The third-order valence-corrected chi connectivity index (χ3v) is 4.70. The summed E-state index contributed by atoms with van der Waals surface area (Å²) in [6.07, 6.45) is 0. The number of amides is 1. The first-order chi connectivity index (χ1) is 9.95. The van der Waals surface area contributed by atoms with E-state index in [0.717, 1.165) is 5.56 Å². The fourth-order valence-electron chi connectivity index (χ4n) is 1.69. The molecule has 5 nitrogen and oxygen atoms in total. The minimum atomic E-state index is -1.35. The summed E-state index contributed by atoms with van der Waals surface area (Å²) in [7, 11) is -1.35. The van der Waals surface area contributed by atoms with Crippen LogP contribution >= 0.6 is 11.6 Å². The van der Waals surface area contributed by atoms with Gasteiger partial charge in [0.15, 0.2) is 5.82 Å². The second-order valence-electron chi connectivity index (χ2n) is 4.61. The van der Waals surface area contributed by atoms with Gasteiger partial charge >= 0.3 is 0 Å². The summed E-state index contributed by atoms with van der Waals surface area (Å²) >= 11 is 5.88. The van der Waals surface area contributed by atoms with E-state index in [1.807, 2.05) is 6.07 Å². The van der Waals surface area contributed by atoms with Gasteiger partial charge in [-0.3, -0.25) is 9.00 Å². The highest BCUT2D eigenvalue weighted by atomic mass is 35.5. The first-order valence-electron chi connectivity index (χ1n) is 6.31. The lowest BCUT2D eigenvalue weighted by atomic mass is 10.2. The van der Waals surface area contributed by atoms with Crippen LogP contribution in [-0.4, -0.2) is 20.5 Å². The number of nitrogens with zero attached hydrogens (tertiary/aromatic N) is 1. The van der Waals surface area contributed by atoms with Crippen molar-refractivity contribution >= 4 is 34.1 Å². The molecule has 1 heterocycles. The van der Waals surface area contributed by atoms with Gasteiger partial charge in [-0.15, -0.1) is 0 Å². The third-order valence-electron chi connectivity index (χ3n) is 2.84. The van der Waals surface area contributed by atoms with Gasteiger partial charge in [-0.1, -0.05) is 28.9 Å². The predicted molar refractivity (Wildman–Crippen MR) is 82.6 cm³/mol. The fourth-order valence-corrected chi connectivity index (χ4v) is 2.96. The van der Waals surface area contributed by atoms with Crippen LogP contribution in [0.3, 0.4) is 0 Å². The van der Waals surface area contributed by atoms with E-state index in [0.29, 0.717) is 16.6 Å². The summed E-state index contributed by atoms with van der Waals surface area (Å²) in [4.78, 5) is 12.0. The summed E-state index contributed by atoms with van der Waals surface area (Å²) in [6, 6.07) is 8.71. The zero-order valence-electron chi connectivity index (χ0n) is 11.6. The van der Waals surface area contributed by atoms with E-state index < -0.39 is 16.0 Å². The Balaban J connectivity index is 1.96. The summed E-state index contributed by atoms with van der Waals surface area (Å²) in [5, 5.41) is 6.16. The molecule has 0 radical (unpaired) electrons. The topological polar surface area (TPSA) is 72.2 Å². The zero-order valence-corrected chi connectivity index (χ0v) is 13.2. The number of carbonyl (C=O) groups excluding carboxylic acids is 1. The number of carbonyl (C=O) groups is 1. The Morgan fingerprint density at radius 3 is 2.86 bits per heavy atom. The maximum atomic E-state index is 12.2. The van der Waals surface area contributed by atoms with E-state index >= 15 is 0 Å². The quantitative estimate of drug-likeness (QED) is 0.917. The number of anilines is 1. The molecular weight excluding hydrogens is 312 g/mol. The van der Waals surface area contributed by atoms with Crippen LogP contribution in [0.5, 0.6) is 0 Å². The normalized spacial score (nSPS) is 13.7. The van der Waals surface area contributed by atoms with Gasteiger partial charge in [-0.25, -0.2) is 0 Å². The molecule has 2 aromatic rings. The van der Waals surface area contributed by atoms with Gasteiger partial charge in [0, 0.05) is 27.6 Å². The van der Waals surface area contributed by atoms with Gasteiger partial charge in [-0.2, -0.15) is 0 Å². The lowest BCUT2D eigenvalue weighted by Gasteiger charge is -2.10. The molecule has 0 aliphatic carbocycles. The molecule has 0 fully saturated rings. The predicted octanol–water partition coefficient (Wildman–Crippen LogP) is 2.91. The molecule has 21 heavy (non-hydrogen) atoms. The zero-order chi connectivity index (χ0) is 15.4. The SMILES string of the molecule is Cc1cc(NC(=O)[C@H](C)[S@@](=O)Cc2cccc(Cl)c2)no1. The van der Waals surface area contributed by atoms with Crippen LogP contribution in [0, 0.1) is 6.92 Å². The average molecular weight is 327 g/mol. The summed E-state index contributed by atoms with van der Waals surface area (Å²) < 4.78 is 17.1. The van der Waals surface area contributed by atoms with Gasteiger partial charge < -0.3 is 9.84 Å². The molecule has 112 valence electrons. The standard InChI is InChI=1S/C14H15ClN2O3S/c1-9-6-13(17-20-9)16-14(18)10(2)21(19)8-11-4-3-5-12(15)7-11/h3-7,10H,8H2,1-2H3,(H,16,17,18)/t10-,21-/m0/s1. The molecule has 1 aromatic heterocycles. The minimum absolute atomic E-state index is 0.271. The van der Waals surface area contributed by atoms with E-state index in [9.17, 15) is 9.00 Å².